The van der Waals surface area contributed by atoms with Gasteiger partial charge in [-0.3, -0.25) is 19.7 Å². The van der Waals surface area contributed by atoms with E-state index in [9.17, 15) is 19.7 Å². The van der Waals surface area contributed by atoms with Gasteiger partial charge in [-0.25, -0.2) is 9.67 Å². The molecule has 0 unspecified atom stereocenters. The minimum Gasteiger partial charge on any atom is -0.339 e. The van der Waals surface area contributed by atoms with Crippen LogP contribution in [-0.2, 0) is 11.3 Å². The van der Waals surface area contributed by atoms with E-state index >= 15 is 0 Å². The lowest BCUT2D eigenvalue weighted by Crippen LogP contribution is -2.30. The van der Waals surface area contributed by atoms with Gasteiger partial charge in [-0.15, -0.1) is 0 Å². The number of aromatic nitrogens is 3. The predicted octanol–water partition coefficient (Wildman–Crippen LogP) is 2.97. The first-order chi connectivity index (χ1) is 14.9. The van der Waals surface area contributed by atoms with Gasteiger partial charge in [0.25, 0.3) is 11.6 Å². The van der Waals surface area contributed by atoms with Gasteiger partial charge in [0.05, 0.1) is 4.92 Å². The smallest absolute Gasteiger partial charge is 0.270 e. The summed E-state index contributed by atoms with van der Waals surface area (Å²) >= 11 is 0. The Bertz CT molecular complexity index is 1090. The lowest BCUT2D eigenvalue weighted by molar-refractivity contribution is -0.384. The molecule has 160 valence electrons. The number of hydrogen-bond acceptors (Lipinski definition) is 6. The molecule has 10 nitrogen and oxygen atoms in total. The van der Waals surface area contributed by atoms with E-state index in [1.54, 1.807) is 41.3 Å². The Labute approximate surface area is 178 Å². The molecular weight excluding hydrogens is 400 g/mol. The maximum Gasteiger partial charge on any atom is 0.270 e. The Kier molecular flexibility index (Phi) is 6.71. The molecule has 0 aliphatic rings. The van der Waals surface area contributed by atoms with Gasteiger partial charge >= 0.3 is 0 Å². The lowest BCUT2D eigenvalue weighted by atomic mass is 10.1. The first-order valence-electron chi connectivity index (χ1n) is 9.74. The molecule has 10 heteroatoms. The number of carbonyl (C=O) groups excluding carboxylic acids is 2. The minimum atomic E-state index is -0.491. The SMILES string of the molecule is CCN(CC)C(=O)c1ccc(NC(=O)Cn2cnc(-c3cccc([N+](=O)[O-])c3)n2)cc1. The second kappa shape index (κ2) is 9.61. The number of amides is 2. The first-order valence-corrected chi connectivity index (χ1v) is 9.74. The van der Waals surface area contributed by atoms with Crippen molar-refractivity contribution in [3.63, 3.8) is 0 Å². The van der Waals surface area contributed by atoms with Crippen LogP contribution >= 0.6 is 0 Å². The van der Waals surface area contributed by atoms with Gasteiger partial charge in [0, 0.05) is 42.0 Å². The molecule has 0 spiro atoms. The van der Waals surface area contributed by atoms with Gasteiger partial charge < -0.3 is 10.2 Å². The van der Waals surface area contributed by atoms with Crippen molar-refractivity contribution in [3.05, 3.63) is 70.5 Å². The van der Waals surface area contributed by atoms with Crippen LogP contribution in [0, 0.1) is 10.1 Å². The van der Waals surface area contributed by atoms with Crippen LogP contribution in [-0.4, -0.2) is 49.5 Å². The van der Waals surface area contributed by atoms with E-state index in [1.807, 2.05) is 13.8 Å². The van der Waals surface area contributed by atoms with Crippen LogP contribution in [0.4, 0.5) is 11.4 Å². The lowest BCUT2D eigenvalue weighted by Gasteiger charge is -2.18. The van der Waals surface area contributed by atoms with Crippen molar-refractivity contribution >= 4 is 23.2 Å². The highest BCUT2D eigenvalue weighted by Gasteiger charge is 2.14. The highest BCUT2D eigenvalue weighted by Crippen LogP contribution is 2.20. The molecule has 1 heterocycles. The standard InChI is InChI=1S/C21H22N6O4/c1-3-25(4-2)21(29)15-8-10-17(11-9-15)23-19(28)13-26-14-22-20(24-26)16-6-5-7-18(12-16)27(30)31/h5-12,14H,3-4,13H2,1-2H3,(H,23,28). The number of nitrogens with zero attached hydrogens (tertiary/aromatic N) is 5. The van der Waals surface area contributed by atoms with E-state index in [0.29, 0.717) is 29.9 Å². The molecule has 0 radical (unpaired) electrons. The zero-order valence-electron chi connectivity index (χ0n) is 17.2. The van der Waals surface area contributed by atoms with Crippen molar-refractivity contribution in [2.24, 2.45) is 0 Å². The Hall–Kier alpha value is -4.08. The fraction of sp³-hybridized carbons (Fsp3) is 0.238. The highest BCUT2D eigenvalue weighted by molar-refractivity contribution is 5.95. The molecular formula is C21H22N6O4. The van der Waals surface area contributed by atoms with Crippen molar-refractivity contribution in [2.45, 2.75) is 20.4 Å². The number of rotatable bonds is 8. The summed E-state index contributed by atoms with van der Waals surface area (Å²) in [5, 5.41) is 17.9. The van der Waals surface area contributed by atoms with Crippen LogP contribution in [0.1, 0.15) is 24.2 Å². The van der Waals surface area contributed by atoms with E-state index in [1.165, 1.54) is 23.1 Å². The van der Waals surface area contributed by atoms with Crippen LogP contribution in [0.25, 0.3) is 11.4 Å². The van der Waals surface area contributed by atoms with Crippen molar-refractivity contribution in [1.29, 1.82) is 0 Å². The largest absolute Gasteiger partial charge is 0.339 e. The number of non-ortho nitro benzene ring substituents is 1. The van der Waals surface area contributed by atoms with Gasteiger partial charge in [0.2, 0.25) is 5.91 Å². The maximum absolute atomic E-state index is 12.3. The third-order valence-corrected chi connectivity index (χ3v) is 4.62. The number of anilines is 1. The van der Waals surface area contributed by atoms with E-state index in [4.69, 9.17) is 0 Å². The summed E-state index contributed by atoms with van der Waals surface area (Å²) < 4.78 is 1.35. The van der Waals surface area contributed by atoms with Crippen LogP contribution in [0.15, 0.2) is 54.9 Å². The second-order valence-electron chi connectivity index (χ2n) is 6.68. The van der Waals surface area contributed by atoms with Crippen LogP contribution in [0.3, 0.4) is 0 Å². The van der Waals surface area contributed by atoms with Crippen molar-refractivity contribution in [3.8, 4) is 11.4 Å². The minimum absolute atomic E-state index is 0.0563. The van der Waals surface area contributed by atoms with Crippen LogP contribution < -0.4 is 5.32 Å². The summed E-state index contributed by atoms with van der Waals surface area (Å²) in [4.78, 5) is 40.9. The average molecular weight is 422 g/mol. The maximum atomic E-state index is 12.3. The second-order valence-corrected chi connectivity index (χ2v) is 6.68. The van der Waals surface area contributed by atoms with E-state index in [-0.39, 0.29) is 29.9 Å². The molecule has 3 aromatic rings. The Morgan fingerprint density at radius 3 is 2.48 bits per heavy atom. The van der Waals surface area contributed by atoms with E-state index in [2.05, 4.69) is 15.4 Å². The summed E-state index contributed by atoms with van der Waals surface area (Å²) in [7, 11) is 0. The average Bonchev–Trinajstić information content (AvgIpc) is 3.23. The number of carbonyl (C=O) groups is 2. The zero-order chi connectivity index (χ0) is 22.4. The number of hydrogen-bond donors (Lipinski definition) is 1. The fourth-order valence-electron chi connectivity index (χ4n) is 3.00. The Morgan fingerprint density at radius 2 is 1.84 bits per heavy atom. The number of nitrogens with one attached hydrogen (secondary N) is 1. The topological polar surface area (TPSA) is 123 Å². The number of nitro benzene ring substituents is 1. The monoisotopic (exact) mass is 422 g/mol. The van der Waals surface area contributed by atoms with Crippen molar-refractivity contribution < 1.29 is 14.5 Å². The zero-order valence-corrected chi connectivity index (χ0v) is 17.2. The molecule has 0 fully saturated rings. The summed E-state index contributed by atoms with van der Waals surface area (Å²) in [6.07, 6.45) is 1.39. The molecule has 0 atom stereocenters. The molecule has 0 saturated heterocycles. The first kappa shape index (κ1) is 21.6. The summed E-state index contributed by atoms with van der Waals surface area (Å²) in [5.74, 6) is -0.0896. The quantitative estimate of drug-likeness (QED) is 0.440. The van der Waals surface area contributed by atoms with Gasteiger partial charge in [0.1, 0.15) is 12.9 Å². The summed E-state index contributed by atoms with van der Waals surface area (Å²) in [6, 6.07) is 12.7. The molecule has 1 N–H and O–H groups in total. The molecule has 0 aliphatic heterocycles. The molecule has 3 rings (SSSR count). The van der Waals surface area contributed by atoms with Crippen molar-refractivity contribution in [2.75, 3.05) is 18.4 Å². The Morgan fingerprint density at radius 1 is 1.13 bits per heavy atom. The third kappa shape index (κ3) is 5.30. The molecule has 1 aromatic heterocycles. The molecule has 0 bridgehead atoms. The molecule has 0 aliphatic carbocycles. The molecule has 2 amide bonds. The normalized spacial score (nSPS) is 10.5. The predicted molar refractivity (Wildman–Crippen MR) is 114 cm³/mol. The third-order valence-electron chi connectivity index (χ3n) is 4.62. The van der Waals surface area contributed by atoms with E-state index < -0.39 is 4.92 Å². The van der Waals surface area contributed by atoms with Crippen LogP contribution in [0.2, 0.25) is 0 Å². The van der Waals surface area contributed by atoms with Gasteiger partial charge in [-0.1, -0.05) is 12.1 Å². The molecule has 0 saturated carbocycles. The summed E-state index contributed by atoms with van der Waals surface area (Å²) in [5.41, 5.74) is 1.54. The molecule has 2 aromatic carbocycles. The number of nitro groups is 1. The van der Waals surface area contributed by atoms with Crippen LogP contribution in [0.5, 0.6) is 0 Å². The van der Waals surface area contributed by atoms with Gasteiger partial charge in [0.15, 0.2) is 5.82 Å². The summed E-state index contributed by atoms with van der Waals surface area (Å²) in [6.45, 7) is 5.02. The van der Waals surface area contributed by atoms with Gasteiger partial charge in [-0.2, -0.15) is 5.10 Å². The number of benzene rings is 2. The Balaban J connectivity index is 1.62. The molecule has 31 heavy (non-hydrogen) atoms. The van der Waals surface area contributed by atoms with Crippen molar-refractivity contribution in [1.82, 2.24) is 19.7 Å². The van der Waals surface area contributed by atoms with Gasteiger partial charge in [-0.05, 0) is 38.1 Å². The highest BCUT2D eigenvalue weighted by atomic mass is 16.6. The van der Waals surface area contributed by atoms with E-state index in [0.717, 1.165) is 0 Å². The fourth-order valence-corrected chi connectivity index (χ4v) is 3.00.